The molecule has 1 rings (SSSR count). The fraction of sp³-hybridized carbons (Fsp3) is 0.429. The number of rotatable bonds is 3. The minimum atomic E-state index is -0.737. The molecule has 0 unspecified atom stereocenters. The predicted molar refractivity (Wildman–Crippen MR) is 54.8 cm³/mol. The molecule has 1 aromatic heterocycles. The molecule has 0 aliphatic carbocycles. The number of hydrogen-bond donors (Lipinski definition) is 2. The van der Waals surface area contributed by atoms with Gasteiger partial charge in [0.05, 0.1) is 0 Å². The first-order chi connectivity index (χ1) is 6.93. The van der Waals surface area contributed by atoms with Gasteiger partial charge in [-0.05, 0) is 22.9 Å². The van der Waals surface area contributed by atoms with Crippen LogP contribution in [-0.2, 0) is 11.8 Å². The van der Waals surface area contributed by atoms with Crippen molar-refractivity contribution in [3.8, 4) is 0 Å². The van der Waals surface area contributed by atoms with Crippen LogP contribution in [0.15, 0.2) is 4.60 Å². The van der Waals surface area contributed by atoms with E-state index in [1.54, 1.807) is 7.05 Å². The van der Waals surface area contributed by atoms with Crippen LogP contribution in [0.1, 0.15) is 17.4 Å². The third kappa shape index (κ3) is 2.52. The summed E-state index contributed by atoms with van der Waals surface area (Å²) < 4.78 is 1.62. The molecule has 2 amide bonds. The monoisotopic (exact) mass is 275 g/mol. The normalized spacial score (nSPS) is 12.2. The third-order valence-corrected chi connectivity index (χ3v) is 2.31. The molecule has 82 valence electrons. The van der Waals surface area contributed by atoms with Crippen LogP contribution < -0.4 is 11.1 Å². The summed E-state index contributed by atoms with van der Waals surface area (Å²) >= 11 is 3.07. The van der Waals surface area contributed by atoms with Crippen molar-refractivity contribution in [2.24, 2.45) is 12.8 Å². The van der Waals surface area contributed by atoms with Crippen LogP contribution in [0.3, 0.4) is 0 Å². The van der Waals surface area contributed by atoms with Crippen LogP contribution in [0.2, 0.25) is 0 Å². The third-order valence-electron chi connectivity index (χ3n) is 1.78. The van der Waals surface area contributed by atoms with Gasteiger partial charge < -0.3 is 11.1 Å². The second-order valence-corrected chi connectivity index (χ2v) is 3.70. The number of nitrogens with one attached hydrogen (secondary N) is 1. The maximum atomic E-state index is 11.6. The lowest BCUT2D eigenvalue weighted by Crippen LogP contribution is -2.42. The Morgan fingerprint density at radius 3 is 2.60 bits per heavy atom. The highest BCUT2D eigenvalue weighted by Gasteiger charge is 2.20. The topological polar surface area (TPSA) is 103 Å². The maximum absolute atomic E-state index is 11.6. The Morgan fingerprint density at radius 1 is 1.60 bits per heavy atom. The molecule has 0 bridgehead atoms. The summed E-state index contributed by atoms with van der Waals surface area (Å²) in [5.74, 6) is -1.06. The molecule has 8 heteroatoms. The Kier molecular flexibility index (Phi) is 3.40. The van der Waals surface area contributed by atoms with Crippen molar-refractivity contribution < 1.29 is 9.59 Å². The predicted octanol–water partition coefficient (Wildman–Crippen LogP) is -0.819. The lowest BCUT2D eigenvalue weighted by molar-refractivity contribution is -0.119. The summed E-state index contributed by atoms with van der Waals surface area (Å²) in [6.07, 6.45) is 0. The number of amides is 2. The minimum Gasteiger partial charge on any atom is -0.368 e. The summed E-state index contributed by atoms with van der Waals surface area (Å²) in [6, 6.07) is -0.737. The molecular formula is C7H10BrN5O2. The standard InChI is InChI=1S/C7H10BrN5O2/c1-3(6(9)14)10-7(15)4-5(8)11-12-13(4)2/h3H,1-2H3,(H2,9,14)(H,10,15)/t3-/m1/s1. The van der Waals surface area contributed by atoms with Crippen LogP contribution in [0.25, 0.3) is 0 Å². The molecule has 0 saturated heterocycles. The highest BCUT2D eigenvalue weighted by atomic mass is 79.9. The van der Waals surface area contributed by atoms with E-state index in [9.17, 15) is 9.59 Å². The zero-order valence-electron chi connectivity index (χ0n) is 8.19. The van der Waals surface area contributed by atoms with E-state index in [-0.39, 0.29) is 5.69 Å². The molecule has 15 heavy (non-hydrogen) atoms. The van der Waals surface area contributed by atoms with Gasteiger partial charge in [0.2, 0.25) is 5.91 Å². The Morgan fingerprint density at radius 2 is 2.20 bits per heavy atom. The van der Waals surface area contributed by atoms with Crippen molar-refractivity contribution >= 4 is 27.7 Å². The number of nitrogens with zero attached hydrogens (tertiary/aromatic N) is 3. The van der Waals surface area contributed by atoms with Gasteiger partial charge in [-0.3, -0.25) is 9.59 Å². The fourth-order valence-electron chi connectivity index (χ4n) is 0.909. The van der Waals surface area contributed by atoms with Crippen LogP contribution >= 0.6 is 15.9 Å². The van der Waals surface area contributed by atoms with Crippen LogP contribution in [-0.4, -0.2) is 32.9 Å². The Hall–Kier alpha value is -1.44. The largest absolute Gasteiger partial charge is 0.368 e. The van der Waals surface area contributed by atoms with Crippen molar-refractivity contribution in [1.82, 2.24) is 20.3 Å². The second kappa shape index (κ2) is 4.39. The number of aryl methyl sites for hydroxylation is 1. The molecule has 0 aromatic carbocycles. The van der Waals surface area contributed by atoms with E-state index >= 15 is 0 Å². The second-order valence-electron chi connectivity index (χ2n) is 2.95. The van der Waals surface area contributed by atoms with Gasteiger partial charge in [-0.1, -0.05) is 5.21 Å². The SMILES string of the molecule is C[C@@H](NC(=O)c1c(Br)nnn1C)C(N)=O. The first kappa shape index (κ1) is 11.6. The molecule has 3 N–H and O–H groups in total. The number of carbonyl (C=O) groups excluding carboxylic acids is 2. The average molecular weight is 276 g/mol. The van der Waals surface area contributed by atoms with Gasteiger partial charge in [0.1, 0.15) is 6.04 Å². The zero-order chi connectivity index (χ0) is 11.6. The van der Waals surface area contributed by atoms with E-state index in [0.29, 0.717) is 4.60 Å². The number of halogens is 1. The quantitative estimate of drug-likeness (QED) is 0.752. The highest BCUT2D eigenvalue weighted by Crippen LogP contribution is 2.11. The Labute approximate surface area is 94.1 Å². The number of aromatic nitrogens is 3. The van der Waals surface area contributed by atoms with Gasteiger partial charge in [-0.2, -0.15) is 0 Å². The Balaban J connectivity index is 2.82. The highest BCUT2D eigenvalue weighted by molar-refractivity contribution is 9.10. The van der Waals surface area contributed by atoms with Crippen molar-refractivity contribution in [2.75, 3.05) is 0 Å². The van der Waals surface area contributed by atoms with Gasteiger partial charge >= 0.3 is 0 Å². The molecule has 1 heterocycles. The van der Waals surface area contributed by atoms with Crippen LogP contribution in [0.4, 0.5) is 0 Å². The number of hydrogen-bond acceptors (Lipinski definition) is 4. The molecule has 1 atom stereocenters. The Bertz CT molecular complexity index is 383. The molecule has 0 aliphatic rings. The van der Waals surface area contributed by atoms with Crippen molar-refractivity contribution in [3.63, 3.8) is 0 Å². The lowest BCUT2D eigenvalue weighted by atomic mass is 10.3. The van der Waals surface area contributed by atoms with Gasteiger partial charge in [-0.15, -0.1) is 5.10 Å². The van der Waals surface area contributed by atoms with E-state index in [0.717, 1.165) is 0 Å². The van der Waals surface area contributed by atoms with Gasteiger partial charge in [0.15, 0.2) is 10.3 Å². The molecule has 1 aromatic rings. The van der Waals surface area contributed by atoms with Gasteiger partial charge in [0, 0.05) is 7.05 Å². The smallest absolute Gasteiger partial charge is 0.273 e. The molecule has 0 spiro atoms. The van der Waals surface area contributed by atoms with Crippen molar-refractivity contribution in [3.05, 3.63) is 10.3 Å². The molecular weight excluding hydrogens is 266 g/mol. The molecule has 0 aliphatic heterocycles. The molecule has 0 fully saturated rings. The first-order valence-corrected chi connectivity index (χ1v) is 4.88. The number of nitrogens with two attached hydrogens (primary N) is 1. The summed E-state index contributed by atoms with van der Waals surface area (Å²) in [6.45, 7) is 1.50. The average Bonchev–Trinajstić information content (AvgIpc) is 2.45. The number of carbonyl (C=O) groups is 2. The summed E-state index contributed by atoms with van der Waals surface area (Å²) in [5.41, 5.74) is 5.25. The maximum Gasteiger partial charge on any atom is 0.273 e. The molecule has 0 radical (unpaired) electrons. The lowest BCUT2D eigenvalue weighted by Gasteiger charge is -2.09. The van der Waals surface area contributed by atoms with E-state index in [4.69, 9.17) is 5.73 Å². The van der Waals surface area contributed by atoms with Crippen LogP contribution in [0, 0.1) is 0 Å². The minimum absolute atomic E-state index is 0.239. The van der Waals surface area contributed by atoms with E-state index in [1.807, 2.05) is 0 Å². The van der Waals surface area contributed by atoms with E-state index in [2.05, 4.69) is 31.6 Å². The van der Waals surface area contributed by atoms with Gasteiger partial charge in [0.25, 0.3) is 5.91 Å². The van der Waals surface area contributed by atoms with Crippen molar-refractivity contribution in [2.45, 2.75) is 13.0 Å². The molecule has 0 saturated carbocycles. The summed E-state index contributed by atoms with van der Waals surface area (Å²) in [5, 5.41) is 9.69. The molecule has 7 nitrogen and oxygen atoms in total. The van der Waals surface area contributed by atoms with Gasteiger partial charge in [-0.25, -0.2) is 4.68 Å². The van der Waals surface area contributed by atoms with Crippen molar-refractivity contribution in [1.29, 1.82) is 0 Å². The fourth-order valence-corrected chi connectivity index (χ4v) is 1.42. The first-order valence-electron chi connectivity index (χ1n) is 4.09. The van der Waals surface area contributed by atoms with E-state index < -0.39 is 17.9 Å². The summed E-state index contributed by atoms with van der Waals surface area (Å²) in [4.78, 5) is 22.3. The van der Waals surface area contributed by atoms with E-state index in [1.165, 1.54) is 11.6 Å². The zero-order valence-corrected chi connectivity index (χ0v) is 9.78. The number of primary amides is 1. The van der Waals surface area contributed by atoms with Crippen LogP contribution in [0.5, 0.6) is 0 Å². The summed E-state index contributed by atoms with van der Waals surface area (Å²) in [7, 11) is 1.57.